The van der Waals surface area contributed by atoms with Crippen LogP contribution in [0.25, 0.3) is 10.8 Å². The molecule has 0 atom stereocenters. The van der Waals surface area contributed by atoms with Crippen molar-refractivity contribution in [3.63, 3.8) is 0 Å². The lowest BCUT2D eigenvalue weighted by molar-refractivity contribution is -0.00351. The summed E-state index contributed by atoms with van der Waals surface area (Å²) in [5.74, 6) is -0.170. The third-order valence-corrected chi connectivity index (χ3v) is 2.76. The third-order valence-electron chi connectivity index (χ3n) is 2.76. The number of hydrogen-bond donors (Lipinski definition) is 1. The summed E-state index contributed by atoms with van der Waals surface area (Å²) in [4.78, 5) is 20.2. The van der Waals surface area contributed by atoms with Crippen LogP contribution in [-0.2, 0) is 4.74 Å². The van der Waals surface area contributed by atoms with Gasteiger partial charge in [0.25, 0.3) is 5.91 Å². The molecule has 1 aliphatic rings. The van der Waals surface area contributed by atoms with E-state index in [0.717, 1.165) is 10.8 Å². The first-order chi connectivity index (χ1) is 8.34. The normalized spacial score (nSPS) is 15.5. The molecule has 0 aliphatic carbocycles. The van der Waals surface area contributed by atoms with Crippen molar-refractivity contribution in [1.29, 1.82) is 0 Å². The summed E-state index contributed by atoms with van der Waals surface area (Å²) in [7, 11) is 0. The number of nitrogens with one attached hydrogen (secondary N) is 1. The Kier molecular flexibility index (Phi) is 2.45. The van der Waals surface area contributed by atoms with Gasteiger partial charge in [-0.15, -0.1) is 0 Å². The van der Waals surface area contributed by atoms with Crippen molar-refractivity contribution in [2.75, 3.05) is 13.2 Å². The molecule has 0 aromatic carbocycles. The monoisotopic (exact) mass is 229 g/mol. The van der Waals surface area contributed by atoms with E-state index in [1.165, 1.54) is 0 Å². The van der Waals surface area contributed by atoms with Crippen LogP contribution >= 0.6 is 0 Å². The van der Waals surface area contributed by atoms with Crippen molar-refractivity contribution in [1.82, 2.24) is 15.3 Å². The Morgan fingerprint density at radius 3 is 2.94 bits per heavy atom. The standard InChI is InChI=1S/C12H11N3O2/c16-12(15-9-6-17-7-9)11-10-5-13-3-1-8(10)2-4-14-11/h1-5,9H,6-7H2,(H,15,16). The van der Waals surface area contributed by atoms with Crippen molar-refractivity contribution in [3.05, 3.63) is 36.4 Å². The Hall–Kier alpha value is -2.01. The van der Waals surface area contributed by atoms with Gasteiger partial charge in [-0.25, -0.2) is 0 Å². The number of pyridine rings is 2. The van der Waals surface area contributed by atoms with E-state index in [1.807, 2.05) is 12.1 Å². The summed E-state index contributed by atoms with van der Waals surface area (Å²) in [6.07, 6.45) is 4.99. The molecule has 1 amide bonds. The van der Waals surface area contributed by atoms with Crippen molar-refractivity contribution < 1.29 is 9.53 Å². The zero-order valence-corrected chi connectivity index (χ0v) is 9.09. The number of hydrogen-bond acceptors (Lipinski definition) is 4. The average Bonchev–Trinajstić information content (AvgIpc) is 2.33. The van der Waals surface area contributed by atoms with Gasteiger partial charge in [-0.1, -0.05) is 0 Å². The van der Waals surface area contributed by atoms with Gasteiger partial charge >= 0.3 is 0 Å². The molecular weight excluding hydrogens is 218 g/mol. The number of aromatic nitrogens is 2. The van der Waals surface area contributed by atoms with E-state index in [4.69, 9.17) is 4.74 Å². The molecule has 0 radical (unpaired) electrons. The van der Waals surface area contributed by atoms with E-state index in [2.05, 4.69) is 15.3 Å². The van der Waals surface area contributed by atoms with Crippen LogP contribution in [-0.4, -0.2) is 35.1 Å². The minimum atomic E-state index is -0.170. The van der Waals surface area contributed by atoms with Crippen LogP contribution in [0.15, 0.2) is 30.7 Å². The molecule has 1 fully saturated rings. The molecule has 1 aliphatic heterocycles. The maximum atomic E-state index is 12.0. The molecule has 0 unspecified atom stereocenters. The van der Waals surface area contributed by atoms with Crippen LogP contribution in [0.2, 0.25) is 0 Å². The second kappa shape index (κ2) is 4.10. The molecule has 1 N–H and O–H groups in total. The van der Waals surface area contributed by atoms with Crippen LogP contribution < -0.4 is 5.32 Å². The van der Waals surface area contributed by atoms with E-state index in [1.54, 1.807) is 18.6 Å². The maximum Gasteiger partial charge on any atom is 0.270 e. The number of rotatable bonds is 2. The van der Waals surface area contributed by atoms with E-state index in [-0.39, 0.29) is 11.9 Å². The van der Waals surface area contributed by atoms with Gasteiger partial charge in [0, 0.05) is 24.0 Å². The Balaban J connectivity index is 1.95. The molecule has 0 spiro atoms. The molecule has 0 bridgehead atoms. The highest BCUT2D eigenvalue weighted by Gasteiger charge is 2.22. The second-order valence-corrected chi connectivity index (χ2v) is 3.96. The van der Waals surface area contributed by atoms with Crippen molar-refractivity contribution in [3.8, 4) is 0 Å². The number of amides is 1. The van der Waals surface area contributed by atoms with Crippen molar-refractivity contribution in [2.45, 2.75) is 6.04 Å². The fourth-order valence-electron chi connectivity index (χ4n) is 1.76. The van der Waals surface area contributed by atoms with Gasteiger partial charge in [-0.3, -0.25) is 14.8 Å². The van der Waals surface area contributed by atoms with Crippen molar-refractivity contribution >= 4 is 16.7 Å². The zero-order valence-electron chi connectivity index (χ0n) is 9.09. The lowest BCUT2D eigenvalue weighted by Gasteiger charge is -2.26. The number of ether oxygens (including phenoxy) is 1. The van der Waals surface area contributed by atoms with Gasteiger partial charge in [0.1, 0.15) is 5.69 Å². The lowest BCUT2D eigenvalue weighted by Crippen LogP contribution is -2.48. The number of fused-ring (bicyclic) bond motifs is 1. The van der Waals surface area contributed by atoms with Crippen LogP contribution in [0.1, 0.15) is 10.5 Å². The third kappa shape index (κ3) is 1.85. The fourth-order valence-corrected chi connectivity index (χ4v) is 1.76. The summed E-state index contributed by atoms with van der Waals surface area (Å²) < 4.78 is 5.01. The van der Waals surface area contributed by atoms with Crippen LogP contribution in [0, 0.1) is 0 Å². The Bertz CT molecular complexity index is 561. The van der Waals surface area contributed by atoms with Gasteiger partial charge in [0.05, 0.1) is 19.3 Å². The summed E-state index contributed by atoms with van der Waals surface area (Å²) in [5.41, 5.74) is 0.419. The Morgan fingerprint density at radius 2 is 2.18 bits per heavy atom. The molecule has 86 valence electrons. The Morgan fingerprint density at radius 1 is 1.35 bits per heavy atom. The fraction of sp³-hybridized carbons (Fsp3) is 0.250. The molecule has 17 heavy (non-hydrogen) atoms. The van der Waals surface area contributed by atoms with Crippen LogP contribution in [0.4, 0.5) is 0 Å². The topological polar surface area (TPSA) is 64.1 Å². The first-order valence-electron chi connectivity index (χ1n) is 5.42. The molecular formula is C12H11N3O2. The van der Waals surface area contributed by atoms with Crippen molar-refractivity contribution in [2.24, 2.45) is 0 Å². The molecule has 2 aromatic rings. The first kappa shape index (κ1) is 10.2. The Labute approximate surface area is 97.8 Å². The number of carbonyl (C=O) groups excluding carboxylic acids is 1. The smallest absolute Gasteiger partial charge is 0.270 e. The second-order valence-electron chi connectivity index (χ2n) is 3.96. The number of nitrogens with zero attached hydrogens (tertiary/aromatic N) is 2. The van der Waals surface area contributed by atoms with Gasteiger partial charge in [-0.2, -0.15) is 0 Å². The molecule has 0 saturated carbocycles. The highest BCUT2D eigenvalue weighted by molar-refractivity contribution is 6.04. The molecule has 5 heteroatoms. The predicted molar refractivity (Wildman–Crippen MR) is 61.6 cm³/mol. The summed E-state index contributed by atoms with van der Waals surface area (Å²) in [6, 6.07) is 3.83. The van der Waals surface area contributed by atoms with E-state index in [0.29, 0.717) is 18.9 Å². The van der Waals surface area contributed by atoms with E-state index < -0.39 is 0 Å². The highest BCUT2D eigenvalue weighted by atomic mass is 16.5. The van der Waals surface area contributed by atoms with Gasteiger partial charge < -0.3 is 10.1 Å². The van der Waals surface area contributed by atoms with Gasteiger partial charge in [0.15, 0.2) is 0 Å². The SMILES string of the molecule is O=C(NC1COC1)c1nccc2ccncc12. The number of carbonyl (C=O) groups is 1. The molecule has 5 nitrogen and oxygen atoms in total. The average molecular weight is 229 g/mol. The predicted octanol–water partition coefficient (Wildman–Crippen LogP) is 0.758. The molecule has 3 rings (SSSR count). The van der Waals surface area contributed by atoms with Crippen LogP contribution in [0.5, 0.6) is 0 Å². The molecule has 1 saturated heterocycles. The quantitative estimate of drug-likeness (QED) is 0.825. The lowest BCUT2D eigenvalue weighted by atomic mass is 10.1. The minimum Gasteiger partial charge on any atom is -0.377 e. The van der Waals surface area contributed by atoms with Crippen LogP contribution in [0.3, 0.4) is 0 Å². The largest absolute Gasteiger partial charge is 0.377 e. The summed E-state index contributed by atoms with van der Waals surface area (Å²) >= 11 is 0. The summed E-state index contributed by atoms with van der Waals surface area (Å²) in [6.45, 7) is 1.16. The summed E-state index contributed by atoms with van der Waals surface area (Å²) in [5, 5.41) is 4.60. The molecule has 2 aromatic heterocycles. The van der Waals surface area contributed by atoms with Gasteiger partial charge in [-0.05, 0) is 17.5 Å². The minimum absolute atomic E-state index is 0.108. The molecule has 3 heterocycles. The zero-order chi connectivity index (χ0) is 11.7. The van der Waals surface area contributed by atoms with E-state index >= 15 is 0 Å². The van der Waals surface area contributed by atoms with Gasteiger partial charge in [0.2, 0.25) is 0 Å². The highest BCUT2D eigenvalue weighted by Crippen LogP contribution is 2.15. The van der Waals surface area contributed by atoms with E-state index in [9.17, 15) is 4.79 Å². The maximum absolute atomic E-state index is 12.0. The first-order valence-corrected chi connectivity index (χ1v) is 5.42.